The van der Waals surface area contributed by atoms with E-state index in [9.17, 15) is 9.59 Å². The Balaban J connectivity index is 1.76. The van der Waals surface area contributed by atoms with Crippen molar-refractivity contribution in [2.75, 3.05) is 32.8 Å². The van der Waals surface area contributed by atoms with Gasteiger partial charge in [-0.1, -0.05) is 12.1 Å². The third-order valence-corrected chi connectivity index (χ3v) is 5.25. The van der Waals surface area contributed by atoms with Gasteiger partial charge in [-0.05, 0) is 48.9 Å². The molecule has 0 atom stereocenters. The summed E-state index contributed by atoms with van der Waals surface area (Å²) in [6.07, 6.45) is 0. The molecule has 0 saturated carbocycles. The fourth-order valence-electron chi connectivity index (χ4n) is 2.82. The fourth-order valence-corrected chi connectivity index (χ4v) is 3.80. The molecule has 1 heterocycles. The summed E-state index contributed by atoms with van der Waals surface area (Å²) in [7, 11) is 3.16. The van der Waals surface area contributed by atoms with Crippen molar-refractivity contribution in [3.63, 3.8) is 0 Å². The standard InChI is InChI=1S/C23H23NO6S/c1-4-29-23(26)21-19(15-5-7-16(27-2)8-6-15)14-31-22(21)24-20(25)13-30-18-11-9-17(28-3)10-12-18/h5-12,14H,4,13H2,1-3H3,(H,24,25). The van der Waals surface area contributed by atoms with Crippen molar-refractivity contribution in [3.05, 3.63) is 59.5 Å². The molecule has 1 N–H and O–H groups in total. The molecule has 7 nitrogen and oxygen atoms in total. The van der Waals surface area contributed by atoms with Crippen molar-refractivity contribution in [2.24, 2.45) is 0 Å². The van der Waals surface area contributed by atoms with E-state index in [-0.39, 0.29) is 19.1 Å². The molecule has 0 unspecified atom stereocenters. The predicted molar refractivity (Wildman–Crippen MR) is 119 cm³/mol. The number of methoxy groups -OCH3 is 2. The Morgan fingerprint density at radius 3 is 2.06 bits per heavy atom. The quantitative estimate of drug-likeness (QED) is 0.488. The van der Waals surface area contributed by atoms with Crippen molar-refractivity contribution in [1.82, 2.24) is 0 Å². The van der Waals surface area contributed by atoms with Gasteiger partial charge in [0.05, 0.1) is 20.8 Å². The molecule has 3 rings (SSSR count). The van der Waals surface area contributed by atoms with Gasteiger partial charge in [-0.25, -0.2) is 4.79 Å². The molecule has 0 fully saturated rings. The van der Waals surface area contributed by atoms with E-state index in [2.05, 4.69) is 5.32 Å². The van der Waals surface area contributed by atoms with Crippen LogP contribution in [0.5, 0.6) is 17.2 Å². The lowest BCUT2D eigenvalue weighted by Gasteiger charge is -2.10. The van der Waals surface area contributed by atoms with Gasteiger partial charge in [0, 0.05) is 10.9 Å². The molecule has 0 aliphatic carbocycles. The molecule has 0 spiro atoms. The zero-order chi connectivity index (χ0) is 22.2. The van der Waals surface area contributed by atoms with Crippen LogP contribution in [0.3, 0.4) is 0 Å². The van der Waals surface area contributed by atoms with Gasteiger partial charge in [-0.3, -0.25) is 4.79 Å². The lowest BCUT2D eigenvalue weighted by Crippen LogP contribution is -2.21. The second-order valence-corrected chi connectivity index (χ2v) is 7.19. The van der Waals surface area contributed by atoms with Crippen LogP contribution in [0.25, 0.3) is 11.1 Å². The molecular weight excluding hydrogens is 418 g/mol. The maximum atomic E-state index is 12.6. The molecule has 2 aromatic carbocycles. The Morgan fingerprint density at radius 2 is 1.48 bits per heavy atom. The highest BCUT2D eigenvalue weighted by Gasteiger charge is 2.23. The Labute approximate surface area is 184 Å². The molecule has 0 aliphatic rings. The normalized spacial score (nSPS) is 10.3. The average Bonchev–Trinajstić information content (AvgIpc) is 3.21. The van der Waals surface area contributed by atoms with E-state index in [1.54, 1.807) is 45.4 Å². The van der Waals surface area contributed by atoms with Gasteiger partial charge in [-0.2, -0.15) is 0 Å². The molecule has 0 saturated heterocycles. The minimum atomic E-state index is -0.499. The third-order valence-electron chi connectivity index (χ3n) is 4.35. The molecular formula is C23H23NO6S. The Kier molecular flexibility index (Phi) is 7.50. The van der Waals surface area contributed by atoms with Gasteiger partial charge in [0.25, 0.3) is 5.91 Å². The number of benzene rings is 2. The van der Waals surface area contributed by atoms with Crippen LogP contribution in [0.1, 0.15) is 17.3 Å². The highest BCUT2D eigenvalue weighted by molar-refractivity contribution is 7.15. The third kappa shape index (κ3) is 5.55. The Bertz CT molecular complexity index is 1030. The van der Waals surface area contributed by atoms with E-state index >= 15 is 0 Å². The van der Waals surface area contributed by atoms with Crippen LogP contribution in [0.2, 0.25) is 0 Å². The molecule has 0 aliphatic heterocycles. The number of esters is 1. The van der Waals surface area contributed by atoms with Gasteiger partial charge in [-0.15, -0.1) is 11.3 Å². The summed E-state index contributed by atoms with van der Waals surface area (Å²) >= 11 is 1.25. The highest BCUT2D eigenvalue weighted by atomic mass is 32.1. The van der Waals surface area contributed by atoms with Crippen LogP contribution >= 0.6 is 11.3 Å². The lowest BCUT2D eigenvalue weighted by molar-refractivity contribution is -0.118. The molecule has 0 radical (unpaired) electrons. The molecule has 8 heteroatoms. The first kappa shape index (κ1) is 22.2. The van der Waals surface area contributed by atoms with Crippen molar-refractivity contribution in [2.45, 2.75) is 6.92 Å². The zero-order valence-electron chi connectivity index (χ0n) is 17.5. The number of nitrogens with one attached hydrogen (secondary N) is 1. The van der Waals surface area contributed by atoms with Gasteiger partial charge in [0.2, 0.25) is 0 Å². The van der Waals surface area contributed by atoms with E-state index in [0.29, 0.717) is 33.4 Å². The van der Waals surface area contributed by atoms with Gasteiger partial charge < -0.3 is 24.3 Å². The summed E-state index contributed by atoms with van der Waals surface area (Å²) in [6, 6.07) is 14.2. The van der Waals surface area contributed by atoms with E-state index in [4.69, 9.17) is 18.9 Å². The summed E-state index contributed by atoms with van der Waals surface area (Å²) in [4.78, 5) is 25.1. The van der Waals surface area contributed by atoms with Crippen molar-refractivity contribution < 1.29 is 28.5 Å². The number of hydrogen-bond acceptors (Lipinski definition) is 7. The molecule has 31 heavy (non-hydrogen) atoms. The summed E-state index contributed by atoms with van der Waals surface area (Å²) in [6.45, 7) is 1.76. The van der Waals surface area contributed by atoms with Crippen LogP contribution in [-0.2, 0) is 9.53 Å². The smallest absolute Gasteiger partial charge is 0.341 e. The molecule has 162 valence electrons. The fraction of sp³-hybridized carbons (Fsp3) is 0.217. The number of rotatable bonds is 9. The van der Waals surface area contributed by atoms with Crippen LogP contribution in [-0.4, -0.2) is 39.3 Å². The number of ether oxygens (including phenoxy) is 4. The Hall–Kier alpha value is -3.52. The number of thiophene rings is 1. The zero-order valence-corrected chi connectivity index (χ0v) is 18.3. The van der Waals surface area contributed by atoms with Crippen LogP contribution < -0.4 is 19.5 Å². The first-order valence-corrected chi connectivity index (χ1v) is 10.4. The number of anilines is 1. The van der Waals surface area contributed by atoms with Crippen molar-refractivity contribution in [3.8, 4) is 28.4 Å². The predicted octanol–water partition coefficient (Wildman–Crippen LogP) is 4.63. The molecule has 3 aromatic rings. The van der Waals surface area contributed by atoms with Crippen LogP contribution in [0.4, 0.5) is 5.00 Å². The van der Waals surface area contributed by atoms with E-state index in [1.165, 1.54) is 11.3 Å². The monoisotopic (exact) mass is 441 g/mol. The molecule has 0 bridgehead atoms. The summed E-state index contributed by atoms with van der Waals surface area (Å²) in [5.74, 6) is 1.05. The molecule has 1 aromatic heterocycles. The molecule has 1 amide bonds. The van der Waals surface area contributed by atoms with Crippen LogP contribution in [0.15, 0.2) is 53.9 Å². The SMILES string of the molecule is CCOC(=O)c1c(-c2ccc(OC)cc2)csc1NC(=O)COc1ccc(OC)cc1. The second kappa shape index (κ2) is 10.5. The number of carbonyl (C=O) groups is 2. The van der Waals surface area contributed by atoms with E-state index in [0.717, 1.165) is 5.56 Å². The lowest BCUT2D eigenvalue weighted by atomic mass is 10.0. The van der Waals surface area contributed by atoms with E-state index in [1.807, 2.05) is 29.6 Å². The largest absolute Gasteiger partial charge is 0.497 e. The minimum Gasteiger partial charge on any atom is -0.497 e. The van der Waals surface area contributed by atoms with Gasteiger partial charge >= 0.3 is 5.97 Å². The van der Waals surface area contributed by atoms with Gasteiger partial charge in [0.1, 0.15) is 27.8 Å². The van der Waals surface area contributed by atoms with Crippen LogP contribution in [0, 0.1) is 0 Å². The average molecular weight is 442 g/mol. The minimum absolute atomic E-state index is 0.204. The number of hydrogen-bond donors (Lipinski definition) is 1. The summed E-state index contributed by atoms with van der Waals surface area (Å²) in [5.41, 5.74) is 1.81. The number of carbonyl (C=O) groups excluding carboxylic acids is 2. The first-order chi connectivity index (χ1) is 15.0. The van der Waals surface area contributed by atoms with Crippen molar-refractivity contribution >= 4 is 28.2 Å². The topological polar surface area (TPSA) is 83.1 Å². The van der Waals surface area contributed by atoms with Gasteiger partial charge in [0.15, 0.2) is 6.61 Å². The number of amides is 1. The first-order valence-electron chi connectivity index (χ1n) is 9.55. The highest BCUT2D eigenvalue weighted by Crippen LogP contribution is 2.36. The maximum absolute atomic E-state index is 12.6. The van der Waals surface area contributed by atoms with E-state index < -0.39 is 5.97 Å². The second-order valence-electron chi connectivity index (χ2n) is 6.31. The van der Waals surface area contributed by atoms with Crippen molar-refractivity contribution in [1.29, 1.82) is 0 Å². The summed E-state index contributed by atoms with van der Waals surface area (Å²) in [5, 5.41) is 4.98. The maximum Gasteiger partial charge on any atom is 0.341 e. The Morgan fingerprint density at radius 1 is 0.903 bits per heavy atom. The summed E-state index contributed by atoms with van der Waals surface area (Å²) < 4.78 is 21.0.